The van der Waals surface area contributed by atoms with Crippen molar-refractivity contribution < 1.29 is 38.1 Å². The van der Waals surface area contributed by atoms with Crippen LogP contribution in [0.3, 0.4) is 0 Å². The molecule has 0 aromatic heterocycles. The number of esters is 2. The highest BCUT2D eigenvalue weighted by Gasteiger charge is 2.42. The Labute approximate surface area is 269 Å². The third-order valence-electron chi connectivity index (χ3n) is 8.25. The molecule has 0 fully saturated rings. The van der Waals surface area contributed by atoms with E-state index in [4.69, 9.17) is 23.7 Å². The maximum Gasteiger partial charge on any atom is 0.336 e. The van der Waals surface area contributed by atoms with Gasteiger partial charge in [-0.3, -0.25) is 9.59 Å². The van der Waals surface area contributed by atoms with E-state index in [1.807, 2.05) is 62.4 Å². The Bertz CT molecular complexity index is 1690. The average Bonchev–Trinajstić information content (AvgIpc) is 3.04. The first-order valence-corrected chi connectivity index (χ1v) is 15.4. The standard InChI is InChI=1S/C37H39NO8/c1-6-44-33-21-26(13-15-31(33)46-23(3)39)35-34(37(41)45-17-16-24-10-8-7-9-11-24)22(2)38-28-18-27(19-29(40)36(28)35)25-12-14-30(42-4)32(20-25)43-5/h7-15,20-21,27,35,38H,6,16-19H2,1-5H3. The van der Waals surface area contributed by atoms with Crippen molar-refractivity contribution >= 4 is 17.7 Å². The summed E-state index contributed by atoms with van der Waals surface area (Å²) in [7, 11) is 3.17. The van der Waals surface area contributed by atoms with Crippen LogP contribution in [0, 0.1) is 0 Å². The molecule has 240 valence electrons. The minimum absolute atomic E-state index is 0.0809. The summed E-state index contributed by atoms with van der Waals surface area (Å²) in [5.74, 6) is -0.0919. The summed E-state index contributed by atoms with van der Waals surface area (Å²) < 4.78 is 28.0. The van der Waals surface area contributed by atoms with Crippen LogP contribution in [0.15, 0.2) is 89.3 Å². The summed E-state index contributed by atoms with van der Waals surface area (Å²) in [5.41, 5.74) is 4.88. The third-order valence-corrected chi connectivity index (χ3v) is 8.25. The number of methoxy groups -OCH3 is 2. The number of Topliss-reactive ketones (excluding diaryl/α,β-unsaturated/α-hetero) is 1. The van der Waals surface area contributed by atoms with Gasteiger partial charge in [-0.2, -0.15) is 0 Å². The molecule has 2 unspecified atom stereocenters. The molecule has 2 aliphatic rings. The van der Waals surface area contributed by atoms with E-state index >= 15 is 0 Å². The van der Waals surface area contributed by atoms with E-state index < -0.39 is 17.9 Å². The lowest BCUT2D eigenvalue weighted by Gasteiger charge is -2.37. The molecular formula is C37H39NO8. The molecule has 5 rings (SSSR count). The van der Waals surface area contributed by atoms with Gasteiger partial charge in [-0.05, 0) is 67.1 Å². The van der Waals surface area contributed by atoms with E-state index in [1.165, 1.54) is 6.92 Å². The zero-order valence-corrected chi connectivity index (χ0v) is 26.8. The molecule has 0 spiro atoms. The smallest absolute Gasteiger partial charge is 0.336 e. The monoisotopic (exact) mass is 625 g/mol. The van der Waals surface area contributed by atoms with Crippen LogP contribution in [0.5, 0.6) is 23.0 Å². The number of carbonyl (C=O) groups is 3. The summed E-state index contributed by atoms with van der Waals surface area (Å²) in [5, 5.41) is 3.40. The zero-order chi connectivity index (χ0) is 32.8. The highest BCUT2D eigenvalue weighted by Crippen LogP contribution is 2.47. The predicted octanol–water partition coefficient (Wildman–Crippen LogP) is 6.18. The van der Waals surface area contributed by atoms with Crippen LogP contribution in [-0.2, 0) is 25.5 Å². The lowest BCUT2D eigenvalue weighted by molar-refractivity contribution is -0.139. The van der Waals surface area contributed by atoms with Gasteiger partial charge >= 0.3 is 11.9 Å². The summed E-state index contributed by atoms with van der Waals surface area (Å²) in [6, 6.07) is 20.6. The highest BCUT2D eigenvalue weighted by atomic mass is 16.6. The number of nitrogens with one attached hydrogen (secondary N) is 1. The molecule has 3 aromatic carbocycles. The van der Waals surface area contributed by atoms with Gasteiger partial charge in [-0.25, -0.2) is 4.79 Å². The average molecular weight is 626 g/mol. The number of rotatable bonds is 11. The first-order chi connectivity index (χ1) is 22.2. The van der Waals surface area contributed by atoms with Gasteiger partial charge in [-0.15, -0.1) is 0 Å². The molecular weight excluding hydrogens is 586 g/mol. The van der Waals surface area contributed by atoms with Gasteiger partial charge in [-0.1, -0.05) is 42.5 Å². The van der Waals surface area contributed by atoms with Crippen LogP contribution < -0.4 is 24.3 Å². The fraction of sp³-hybridized carbons (Fsp3) is 0.324. The van der Waals surface area contributed by atoms with Gasteiger partial charge in [0.2, 0.25) is 0 Å². The second kappa shape index (κ2) is 14.4. The van der Waals surface area contributed by atoms with Gasteiger partial charge in [0.15, 0.2) is 28.8 Å². The lowest BCUT2D eigenvalue weighted by atomic mass is 9.71. The Morgan fingerprint density at radius 3 is 2.26 bits per heavy atom. The van der Waals surface area contributed by atoms with Crippen molar-refractivity contribution in [1.82, 2.24) is 5.32 Å². The van der Waals surface area contributed by atoms with Crippen molar-refractivity contribution in [2.24, 2.45) is 0 Å². The van der Waals surface area contributed by atoms with Crippen molar-refractivity contribution in [3.05, 3.63) is 106 Å². The van der Waals surface area contributed by atoms with Crippen LogP contribution >= 0.6 is 0 Å². The molecule has 1 aliphatic carbocycles. The Balaban J connectivity index is 1.53. The molecule has 0 radical (unpaired) electrons. The minimum atomic E-state index is -0.718. The molecule has 46 heavy (non-hydrogen) atoms. The molecule has 9 heteroatoms. The van der Waals surface area contributed by atoms with Crippen LogP contribution in [0.2, 0.25) is 0 Å². The molecule has 1 heterocycles. The molecule has 3 aromatic rings. The van der Waals surface area contributed by atoms with Gasteiger partial charge in [0.25, 0.3) is 0 Å². The normalized spacial score (nSPS) is 17.5. The maximum absolute atomic E-state index is 14.1. The second-order valence-electron chi connectivity index (χ2n) is 11.2. The van der Waals surface area contributed by atoms with E-state index in [1.54, 1.807) is 32.4 Å². The molecule has 0 saturated carbocycles. The summed E-state index contributed by atoms with van der Waals surface area (Å²) >= 11 is 0. The summed E-state index contributed by atoms with van der Waals surface area (Å²) in [4.78, 5) is 39.7. The first kappa shape index (κ1) is 32.3. The Morgan fingerprint density at radius 1 is 0.870 bits per heavy atom. The summed E-state index contributed by atoms with van der Waals surface area (Å²) in [6.45, 7) is 5.48. The van der Waals surface area contributed by atoms with Gasteiger partial charge in [0.05, 0.1) is 33.0 Å². The molecule has 1 aliphatic heterocycles. The van der Waals surface area contributed by atoms with Crippen LogP contribution in [0.4, 0.5) is 0 Å². The number of ether oxygens (including phenoxy) is 5. The van der Waals surface area contributed by atoms with E-state index in [-0.39, 0.29) is 30.5 Å². The Hall–Kier alpha value is -5.05. The molecule has 0 amide bonds. The number of allylic oxidation sites excluding steroid dienone is 3. The van der Waals surface area contributed by atoms with E-state index in [2.05, 4.69) is 5.32 Å². The number of hydrogen-bond acceptors (Lipinski definition) is 9. The molecule has 1 N–H and O–H groups in total. The summed E-state index contributed by atoms with van der Waals surface area (Å²) in [6.07, 6.45) is 1.35. The SMILES string of the molecule is CCOc1cc(C2C(C(=O)OCCc3ccccc3)=C(C)NC3=C2C(=O)CC(c2ccc(OC)c(OC)c2)C3)ccc1OC(C)=O. The third kappa shape index (κ3) is 6.93. The largest absolute Gasteiger partial charge is 0.493 e. The Morgan fingerprint density at radius 2 is 1.57 bits per heavy atom. The van der Waals surface area contributed by atoms with Crippen molar-refractivity contribution in [3.8, 4) is 23.0 Å². The Kier molecular flexibility index (Phi) is 10.1. The van der Waals surface area contributed by atoms with Crippen LogP contribution in [0.25, 0.3) is 0 Å². The maximum atomic E-state index is 14.1. The predicted molar refractivity (Wildman–Crippen MR) is 172 cm³/mol. The lowest BCUT2D eigenvalue weighted by Crippen LogP contribution is -2.36. The van der Waals surface area contributed by atoms with E-state index in [0.717, 1.165) is 16.8 Å². The number of hydrogen-bond donors (Lipinski definition) is 1. The van der Waals surface area contributed by atoms with Gasteiger partial charge < -0.3 is 29.0 Å². The van der Waals surface area contributed by atoms with Gasteiger partial charge in [0.1, 0.15) is 0 Å². The van der Waals surface area contributed by atoms with Crippen LogP contribution in [-0.4, -0.2) is 45.2 Å². The zero-order valence-electron chi connectivity index (χ0n) is 26.8. The van der Waals surface area contributed by atoms with E-state index in [9.17, 15) is 14.4 Å². The fourth-order valence-electron chi connectivity index (χ4n) is 6.18. The quantitative estimate of drug-likeness (QED) is 0.198. The molecule has 2 atom stereocenters. The van der Waals surface area contributed by atoms with Crippen molar-refractivity contribution in [2.75, 3.05) is 27.4 Å². The topological polar surface area (TPSA) is 109 Å². The number of ketones is 1. The molecule has 0 bridgehead atoms. The number of carbonyl (C=O) groups excluding carboxylic acids is 3. The fourth-order valence-corrected chi connectivity index (χ4v) is 6.18. The van der Waals surface area contributed by atoms with Crippen molar-refractivity contribution in [1.29, 1.82) is 0 Å². The number of dihydropyridines is 1. The van der Waals surface area contributed by atoms with E-state index in [0.29, 0.717) is 59.1 Å². The molecule has 9 nitrogen and oxygen atoms in total. The van der Waals surface area contributed by atoms with Gasteiger partial charge in [0, 0.05) is 42.7 Å². The minimum Gasteiger partial charge on any atom is -0.493 e. The van der Waals surface area contributed by atoms with Crippen molar-refractivity contribution in [2.45, 2.75) is 51.9 Å². The first-order valence-electron chi connectivity index (χ1n) is 15.4. The van der Waals surface area contributed by atoms with Crippen LogP contribution in [0.1, 0.15) is 62.1 Å². The highest BCUT2D eigenvalue weighted by molar-refractivity contribution is 6.04. The number of benzene rings is 3. The second-order valence-corrected chi connectivity index (χ2v) is 11.2. The molecule has 0 saturated heterocycles. The van der Waals surface area contributed by atoms with Crippen molar-refractivity contribution in [3.63, 3.8) is 0 Å².